The lowest BCUT2D eigenvalue weighted by Gasteiger charge is -2.50. The summed E-state index contributed by atoms with van der Waals surface area (Å²) < 4.78 is 10.5. The van der Waals surface area contributed by atoms with E-state index in [9.17, 15) is 9.90 Å². The van der Waals surface area contributed by atoms with Gasteiger partial charge in [-0.1, -0.05) is 42.1 Å². The predicted octanol–water partition coefficient (Wildman–Crippen LogP) is 4.16. The fourth-order valence-corrected chi connectivity index (χ4v) is 5.74. The van der Waals surface area contributed by atoms with Crippen molar-refractivity contribution in [3.63, 3.8) is 0 Å². The largest absolute Gasteiger partial charge is 0.497 e. The van der Waals surface area contributed by atoms with E-state index in [0.29, 0.717) is 27.9 Å². The van der Waals surface area contributed by atoms with Gasteiger partial charge in [-0.3, -0.25) is 4.90 Å². The number of hydrogen-bond donors (Lipinski definition) is 1. The highest BCUT2D eigenvalue weighted by Gasteiger charge is 2.55. The number of thioether (sulfide) groups is 1. The molecule has 0 unspecified atom stereocenters. The fraction of sp³-hybridized carbons (Fsp3) is 0.360. The predicted molar refractivity (Wildman–Crippen MR) is 131 cm³/mol. The number of hydrogen-bond acceptors (Lipinski definition) is 8. The highest BCUT2D eigenvalue weighted by atomic mass is 32.2. The number of nitrogens with zero attached hydrogens (tertiary/aromatic N) is 3. The maximum atomic E-state index is 13.0. The Morgan fingerprint density at radius 1 is 1.18 bits per heavy atom. The molecule has 2 heterocycles. The summed E-state index contributed by atoms with van der Waals surface area (Å²) in [5.41, 5.74) is 2.71. The Kier molecular flexibility index (Phi) is 6.41. The van der Waals surface area contributed by atoms with Gasteiger partial charge in [0.25, 0.3) is 0 Å². The third kappa shape index (κ3) is 3.98. The lowest BCUT2D eigenvalue weighted by atomic mass is 9.93. The SMILES string of the molecule is COC(=O)C1=C(C)N=C2SC[C@](O)(N(c3ccccc3)C(C)C)N2[C@H]1c1ccc(OC)cc1. The number of aliphatic imine (C=N–C) groups is 1. The summed E-state index contributed by atoms with van der Waals surface area (Å²) in [6.45, 7) is 5.89. The first-order chi connectivity index (χ1) is 15.8. The second-order valence-corrected chi connectivity index (χ2v) is 9.24. The van der Waals surface area contributed by atoms with Crippen LogP contribution in [-0.4, -0.2) is 53.0 Å². The molecule has 4 rings (SSSR count). The van der Waals surface area contributed by atoms with Gasteiger partial charge in [-0.25, -0.2) is 9.79 Å². The number of fused-ring (bicyclic) bond motifs is 1. The molecule has 174 valence electrons. The number of aliphatic hydroxyl groups is 1. The first-order valence-corrected chi connectivity index (χ1v) is 11.8. The average Bonchev–Trinajstić information content (AvgIpc) is 3.14. The minimum absolute atomic E-state index is 0.0255. The van der Waals surface area contributed by atoms with Crippen LogP contribution >= 0.6 is 11.8 Å². The van der Waals surface area contributed by atoms with E-state index in [4.69, 9.17) is 14.5 Å². The minimum atomic E-state index is -1.43. The Morgan fingerprint density at radius 2 is 1.85 bits per heavy atom. The van der Waals surface area contributed by atoms with Gasteiger partial charge in [0.2, 0.25) is 5.85 Å². The number of carbonyl (C=O) groups is 1. The summed E-state index contributed by atoms with van der Waals surface area (Å²) in [5, 5.41) is 13.0. The van der Waals surface area contributed by atoms with Crippen molar-refractivity contribution in [1.29, 1.82) is 0 Å². The van der Waals surface area contributed by atoms with E-state index >= 15 is 0 Å². The second kappa shape index (κ2) is 9.11. The molecule has 2 aliphatic rings. The number of anilines is 1. The first kappa shape index (κ1) is 23.2. The molecule has 0 amide bonds. The van der Waals surface area contributed by atoms with Gasteiger partial charge in [0.1, 0.15) is 5.75 Å². The molecular formula is C25H29N3O4S. The van der Waals surface area contributed by atoms with Gasteiger partial charge in [0.05, 0.1) is 37.3 Å². The van der Waals surface area contributed by atoms with Gasteiger partial charge >= 0.3 is 5.97 Å². The van der Waals surface area contributed by atoms with Crippen molar-refractivity contribution in [2.45, 2.75) is 38.7 Å². The summed E-state index contributed by atoms with van der Waals surface area (Å²) in [5.74, 6) is -0.814. The van der Waals surface area contributed by atoms with E-state index in [1.54, 1.807) is 7.11 Å². The quantitative estimate of drug-likeness (QED) is 0.505. The van der Waals surface area contributed by atoms with Crippen molar-refractivity contribution < 1.29 is 19.4 Å². The number of methoxy groups -OCH3 is 2. The molecule has 2 aromatic rings. The van der Waals surface area contributed by atoms with Gasteiger partial charge in [-0.2, -0.15) is 0 Å². The Hall–Kier alpha value is -2.97. The topological polar surface area (TPSA) is 74.6 Å². The molecule has 33 heavy (non-hydrogen) atoms. The van der Waals surface area contributed by atoms with Crippen LogP contribution in [-0.2, 0) is 9.53 Å². The van der Waals surface area contributed by atoms with Crippen LogP contribution in [0.4, 0.5) is 5.69 Å². The van der Waals surface area contributed by atoms with Crippen LogP contribution < -0.4 is 9.64 Å². The molecule has 1 fully saturated rings. The van der Waals surface area contributed by atoms with E-state index in [-0.39, 0.29) is 6.04 Å². The average molecular weight is 468 g/mol. The Labute approximate surface area is 198 Å². The van der Waals surface area contributed by atoms with Crippen LogP contribution in [0.15, 0.2) is 70.9 Å². The number of esters is 1. The molecule has 1 saturated heterocycles. The van der Waals surface area contributed by atoms with Crippen LogP contribution in [0.5, 0.6) is 5.75 Å². The van der Waals surface area contributed by atoms with Crippen molar-refractivity contribution in [3.8, 4) is 5.75 Å². The molecule has 7 nitrogen and oxygen atoms in total. The van der Waals surface area contributed by atoms with E-state index in [2.05, 4.69) is 0 Å². The maximum absolute atomic E-state index is 13.0. The van der Waals surface area contributed by atoms with Gasteiger partial charge in [0, 0.05) is 11.7 Å². The fourth-order valence-electron chi connectivity index (χ4n) is 4.55. The highest BCUT2D eigenvalue weighted by Crippen LogP contribution is 2.48. The lowest BCUT2D eigenvalue weighted by molar-refractivity contribution is -0.138. The van der Waals surface area contributed by atoms with E-state index in [1.165, 1.54) is 18.9 Å². The summed E-state index contributed by atoms with van der Waals surface area (Å²) in [6, 6.07) is 16.7. The maximum Gasteiger partial charge on any atom is 0.338 e. The molecule has 2 aromatic carbocycles. The van der Waals surface area contributed by atoms with Gasteiger partial charge in [-0.15, -0.1) is 0 Å². The van der Waals surface area contributed by atoms with Crippen molar-refractivity contribution in [2.75, 3.05) is 24.9 Å². The number of benzene rings is 2. The molecule has 0 aliphatic carbocycles. The van der Waals surface area contributed by atoms with Crippen molar-refractivity contribution in [3.05, 3.63) is 71.4 Å². The highest BCUT2D eigenvalue weighted by molar-refractivity contribution is 8.14. The van der Waals surface area contributed by atoms with Crippen molar-refractivity contribution in [2.24, 2.45) is 4.99 Å². The molecular weight excluding hydrogens is 438 g/mol. The van der Waals surface area contributed by atoms with Crippen LogP contribution in [0.3, 0.4) is 0 Å². The van der Waals surface area contributed by atoms with Crippen LogP contribution in [0, 0.1) is 0 Å². The number of carbonyl (C=O) groups excluding carboxylic acids is 1. The molecule has 8 heteroatoms. The molecule has 1 N–H and O–H groups in total. The Bertz CT molecular complexity index is 1080. The van der Waals surface area contributed by atoms with Gasteiger partial charge in [0.15, 0.2) is 5.17 Å². The number of ether oxygens (including phenoxy) is 2. The summed E-state index contributed by atoms with van der Waals surface area (Å²) in [7, 11) is 2.97. The Morgan fingerprint density at radius 3 is 2.42 bits per heavy atom. The van der Waals surface area contributed by atoms with Gasteiger partial charge < -0.3 is 19.5 Å². The summed E-state index contributed by atoms with van der Waals surface area (Å²) in [6.07, 6.45) is 0. The third-order valence-electron chi connectivity index (χ3n) is 5.95. The van der Waals surface area contributed by atoms with E-state index < -0.39 is 17.9 Å². The molecule has 0 aromatic heterocycles. The molecule has 2 aliphatic heterocycles. The first-order valence-electron chi connectivity index (χ1n) is 10.8. The number of allylic oxidation sites excluding steroid dienone is 1. The summed E-state index contributed by atoms with van der Waals surface area (Å²) in [4.78, 5) is 21.5. The monoisotopic (exact) mass is 467 g/mol. The third-order valence-corrected chi connectivity index (χ3v) is 7.02. The lowest BCUT2D eigenvalue weighted by Crippen LogP contribution is -2.64. The zero-order chi connectivity index (χ0) is 23.8. The second-order valence-electron chi connectivity index (χ2n) is 8.29. The van der Waals surface area contributed by atoms with Crippen LogP contribution in [0.1, 0.15) is 32.4 Å². The number of amidine groups is 1. The van der Waals surface area contributed by atoms with Crippen molar-refractivity contribution in [1.82, 2.24) is 4.90 Å². The molecule has 0 bridgehead atoms. The molecule has 0 spiro atoms. The Balaban J connectivity index is 1.90. The molecule has 0 saturated carbocycles. The van der Waals surface area contributed by atoms with Crippen LogP contribution in [0.25, 0.3) is 0 Å². The standard InChI is InChI=1S/C25H29N3O4S/c1-16(2)27(19-9-7-6-8-10-19)25(30)15-33-24-26-17(3)21(23(29)32-5)22(28(24)25)18-11-13-20(31-4)14-12-18/h6-14,16,22,30H,15H2,1-5H3/t22-,25-/m0/s1. The zero-order valence-corrected chi connectivity index (χ0v) is 20.3. The molecule has 0 radical (unpaired) electrons. The van der Waals surface area contributed by atoms with E-state index in [1.807, 2.05) is 85.2 Å². The minimum Gasteiger partial charge on any atom is -0.497 e. The zero-order valence-electron chi connectivity index (χ0n) is 19.5. The summed E-state index contributed by atoms with van der Waals surface area (Å²) >= 11 is 1.48. The van der Waals surface area contributed by atoms with Crippen molar-refractivity contribution >= 4 is 28.6 Å². The smallest absolute Gasteiger partial charge is 0.338 e. The molecule has 2 atom stereocenters. The van der Waals surface area contributed by atoms with Gasteiger partial charge in [-0.05, 0) is 50.6 Å². The number of rotatable bonds is 6. The normalized spacial score (nSPS) is 22.2. The number of para-hydroxylation sites is 1. The van der Waals surface area contributed by atoms with E-state index in [0.717, 1.165) is 11.3 Å². The van der Waals surface area contributed by atoms with Crippen LogP contribution in [0.2, 0.25) is 0 Å².